The first kappa shape index (κ1) is 15.8. The first-order valence-corrected chi connectivity index (χ1v) is 8.06. The predicted molar refractivity (Wildman–Crippen MR) is 78.8 cm³/mol. The van der Waals surface area contributed by atoms with Crippen molar-refractivity contribution < 1.29 is 17.9 Å². The average molecular weight is 309 g/mol. The highest BCUT2D eigenvalue weighted by atomic mass is 32.2. The van der Waals surface area contributed by atoms with E-state index in [1.165, 1.54) is 0 Å². The number of sulfonamides is 1. The number of benzene rings is 1. The number of terminal acetylenes is 1. The van der Waals surface area contributed by atoms with Crippen LogP contribution in [-0.2, 0) is 19.5 Å². The molecule has 1 aromatic rings. The first-order chi connectivity index (χ1) is 9.74. The fourth-order valence-corrected chi connectivity index (χ4v) is 3.33. The molecule has 114 valence electrons. The van der Waals surface area contributed by atoms with Crippen LogP contribution in [0.2, 0.25) is 0 Å². The third-order valence-electron chi connectivity index (χ3n) is 3.19. The molecule has 0 aliphatic carbocycles. The van der Waals surface area contributed by atoms with E-state index in [1.54, 1.807) is 38.1 Å². The molecule has 1 aromatic carbocycles. The first-order valence-electron chi connectivity index (χ1n) is 6.62. The van der Waals surface area contributed by atoms with Crippen LogP contribution in [0.4, 0.5) is 0 Å². The van der Waals surface area contributed by atoms with Crippen molar-refractivity contribution in [3.05, 3.63) is 29.8 Å². The Balaban J connectivity index is 2.17. The van der Waals surface area contributed by atoms with E-state index in [4.69, 9.17) is 15.9 Å². The van der Waals surface area contributed by atoms with Gasteiger partial charge in [-0.05, 0) is 32.9 Å². The fourth-order valence-electron chi connectivity index (χ4n) is 2.10. The van der Waals surface area contributed by atoms with Crippen molar-refractivity contribution in [2.24, 2.45) is 0 Å². The van der Waals surface area contributed by atoms with Crippen LogP contribution in [0.5, 0.6) is 0 Å². The van der Waals surface area contributed by atoms with Crippen molar-refractivity contribution in [2.75, 3.05) is 13.2 Å². The number of aryl methyl sites for hydroxylation is 1. The Morgan fingerprint density at radius 2 is 2.00 bits per heavy atom. The van der Waals surface area contributed by atoms with E-state index in [0.717, 1.165) is 9.87 Å². The Hall–Kier alpha value is -1.55. The molecule has 1 heterocycles. The van der Waals surface area contributed by atoms with Gasteiger partial charge in [-0.15, -0.1) is 0 Å². The van der Waals surface area contributed by atoms with Crippen molar-refractivity contribution in [1.82, 2.24) is 4.31 Å². The lowest BCUT2D eigenvalue weighted by Gasteiger charge is -2.22. The van der Waals surface area contributed by atoms with Gasteiger partial charge in [-0.3, -0.25) is 0 Å². The van der Waals surface area contributed by atoms with E-state index in [9.17, 15) is 8.42 Å². The van der Waals surface area contributed by atoms with Crippen LogP contribution < -0.4 is 0 Å². The highest BCUT2D eigenvalue weighted by Crippen LogP contribution is 2.24. The Kier molecular flexibility index (Phi) is 4.28. The van der Waals surface area contributed by atoms with Gasteiger partial charge in [0.2, 0.25) is 0 Å². The molecule has 6 heteroatoms. The fraction of sp³-hybridized carbons (Fsp3) is 0.467. The van der Waals surface area contributed by atoms with Crippen molar-refractivity contribution in [3.63, 3.8) is 0 Å². The van der Waals surface area contributed by atoms with Crippen LogP contribution in [0.1, 0.15) is 19.4 Å². The topological polar surface area (TPSA) is 55.8 Å². The Labute approximate surface area is 125 Å². The third-order valence-corrected chi connectivity index (χ3v) is 4.89. The molecule has 0 radical (unpaired) electrons. The summed E-state index contributed by atoms with van der Waals surface area (Å²) in [7, 11) is -3.73. The summed E-state index contributed by atoms with van der Waals surface area (Å²) in [5.74, 6) is -0.710. The predicted octanol–water partition coefficient (Wildman–Crippen LogP) is 1.73. The lowest BCUT2D eigenvalue weighted by atomic mass is 10.2. The highest BCUT2D eigenvalue weighted by Gasteiger charge is 2.35. The van der Waals surface area contributed by atoms with E-state index in [-0.39, 0.29) is 17.5 Å². The van der Waals surface area contributed by atoms with Gasteiger partial charge in [0, 0.05) is 6.04 Å². The standard InChI is InChI=1S/C15H19NO4S/c1-5-16(10-13-11-19-15(3,4)20-13)21(17,18)14-8-6-12(2)7-9-14/h1,6-9,13H,10-11H2,2-4H3. The summed E-state index contributed by atoms with van der Waals surface area (Å²) in [5, 5.41) is 0. The van der Waals surface area contributed by atoms with Gasteiger partial charge >= 0.3 is 0 Å². The molecule has 0 amide bonds. The molecule has 1 unspecified atom stereocenters. The summed E-state index contributed by atoms with van der Waals surface area (Å²) in [6, 6.07) is 8.78. The minimum atomic E-state index is -3.73. The minimum Gasteiger partial charge on any atom is -0.348 e. The normalized spacial score (nSPS) is 21.0. The highest BCUT2D eigenvalue weighted by molar-refractivity contribution is 7.89. The second-order valence-electron chi connectivity index (χ2n) is 5.43. The molecule has 1 fully saturated rings. The molecule has 2 rings (SSSR count). The Bertz CT molecular complexity index is 643. The molecule has 1 aliphatic rings. The van der Waals surface area contributed by atoms with Gasteiger partial charge in [-0.1, -0.05) is 24.1 Å². The van der Waals surface area contributed by atoms with Crippen LogP contribution in [-0.4, -0.2) is 37.8 Å². The molecule has 0 aromatic heterocycles. The van der Waals surface area contributed by atoms with Crippen molar-refractivity contribution in [3.8, 4) is 12.5 Å². The van der Waals surface area contributed by atoms with Gasteiger partial charge in [0.05, 0.1) is 18.0 Å². The number of hydrogen-bond acceptors (Lipinski definition) is 4. The maximum absolute atomic E-state index is 12.5. The number of ether oxygens (including phenoxy) is 2. The monoisotopic (exact) mass is 309 g/mol. The maximum atomic E-state index is 12.5. The molecular formula is C15H19NO4S. The second-order valence-corrected chi connectivity index (χ2v) is 7.29. The molecule has 0 bridgehead atoms. The lowest BCUT2D eigenvalue weighted by molar-refractivity contribution is -0.138. The third kappa shape index (κ3) is 3.56. The van der Waals surface area contributed by atoms with Crippen molar-refractivity contribution in [1.29, 1.82) is 0 Å². The van der Waals surface area contributed by atoms with E-state index in [0.29, 0.717) is 6.61 Å². The largest absolute Gasteiger partial charge is 0.348 e. The maximum Gasteiger partial charge on any atom is 0.271 e. The van der Waals surface area contributed by atoms with E-state index < -0.39 is 15.8 Å². The van der Waals surface area contributed by atoms with Crippen LogP contribution in [0.25, 0.3) is 0 Å². The van der Waals surface area contributed by atoms with Gasteiger partial charge in [-0.2, -0.15) is 0 Å². The number of hydrogen-bond donors (Lipinski definition) is 0. The van der Waals surface area contributed by atoms with Crippen molar-refractivity contribution in [2.45, 2.75) is 37.6 Å². The molecule has 0 saturated carbocycles. The molecule has 21 heavy (non-hydrogen) atoms. The van der Waals surface area contributed by atoms with Crippen LogP contribution in [0.15, 0.2) is 29.2 Å². The zero-order valence-electron chi connectivity index (χ0n) is 12.4. The summed E-state index contributed by atoms with van der Waals surface area (Å²) >= 11 is 0. The van der Waals surface area contributed by atoms with Crippen LogP contribution >= 0.6 is 0 Å². The summed E-state index contributed by atoms with van der Waals surface area (Å²) in [6.07, 6.45) is 4.99. The second kappa shape index (κ2) is 5.68. The van der Waals surface area contributed by atoms with Gasteiger partial charge in [0.15, 0.2) is 5.79 Å². The van der Waals surface area contributed by atoms with Gasteiger partial charge in [0.1, 0.15) is 6.10 Å². The van der Waals surface area contributed by atoms with Gasteiger partial charge < -0.3 is 9.47 Å². The molecule has 1 aliphatic heterocycles. The summed E-state index contributed by atoms with van der Waals surface area (Å²) in [4.78, 5) is 0.171. The molecule has 1 atom stereocenters. The summed E-state index contributed by atoms with van der Waals surface area (Å²) in [5.41, 5.74) is 0.982. The Morgan fingerprint density at radius 3 is 2.48 bits per heavy atom. The molecular weight excluding hydrogens is 290 g/mol. The molecule has 0 N–H and O–H groups in total. The molecule has 5 nitrogen and oxygen atoms in total. The van der Waals surface area contributed by atoms with Crippen LogP contribution in [0, 0.1) is 19.4 Å². The SMILES string of the molecule is C#CN(CC1COC(C)(C)O1)S(=O)(=O)c1ccc(C)cc1. The van der Waals surface area contributed by atoms with E-state index in [2.05, 4.69) is 6.04 Å². The number of rotatable bonds is 4. The molecule has 0 spiro atoms. The van der Waals surface area contributed by atoms with Crippen molar-refractivity contribution >= 4 is 10.0 Å². The number of nitrogens with zero attached hydrogens (tertiary/aromatic N) is 1. The van der Waals surface area contributed by atoms with Crippen LogP contribution in [0.3, 0.4) is 0 Å². The van der Waals surface area contributed by atoms with Gasteiger partial charge in [0.25, 0.3) is 10.0 Å². The quantitative estimate of drug-likeness (QED) is 0.628. The average Bonchev–Trinajstić information content (AvgIpc) is 2.75. The smallest absolute Gasteiger partial charge is 0.271 e. The zero-order valence-corrected chi connectivity index (χ0v) is 13.2. The Morgan fingerprint density at radius 1 is 1.38 bits per heavy atom. The summed E-state index contributed by atoms with van der Waals surface area (Å²) < 4.78 is 37.0. The lowest BCUT2D eigenvalue weighted by Crippen LogP contribution is -2.35. The molecule has 1 saturated heterocycles. The zero-order chi connectivity index (χ0) is 15.7. The van der Waals surface area contributed by atoms with E-state index in [1.807, 2.05) is 6.92 Å². The van der Waals surface area contributed by atoms with Gasteiger partial charge in [-0.25, -0.2) is 12.7 Å². The summed E-state index contributed by atoms with van der Waals surface area (Å²) in [6.45, 7) is 5.83. The van der Waals surface area contributed by atoms with E-state index >= 15 is 0 Å². The minimum absolute atomic E-state index is 0.0656.